The number of halogens is 1. The van der Waals surface area contributed by atoms with Gasteiger partial charge in [-0.1, -0.05) is 30.4 Å². The lowest BCUT2D eigenvalue weighted by Crippen LogP contribution is -2.24. The van der Waals surface area contributed by atoms with Crippen LogP contribution in [0.25, 0.3) is 0 Å². The van der Waals surface area contributed by atoms with Crippen molar-refractivity contribution in [3.05, 3.63) is 35.4 Å². The molecule has 1 N–H and O–H groups in total. The van der Waals surface area contributed by atoms with Crippen molar-refractivity contribution in [1.29, 1.82) is 0 Å². The van der Waals surface area contributed by atoms with Crippen LogP contribution in [0.2, 0.25) is 0 Å². The summed E-state index contributed by atoms with van der Waals surface area (Å²) < 4.78 is 14.7. The van der Waals surface area contributed by atoms with Gasteiger partial charge in [0.05, 0.1) is 5.56 Å². The number of carboxylic acids is 1. The van der Waals surface area contributed by atoms with Crippen LogP contribution in [0.1, 0.15) is 48.0 Å². The molecule has 0 heterocycles. The zero-order chi connectivity index (χ0) is 13.7. The summed E-state index contributed by atoms with van der Waals surface area (Å²) >= 11 is 0. The van der Waals surface area contributed by atoms with Crippen molar-refractivity contribution in [1.82, 2.24) is 0 Å². The Hall–Kier alpha value is -1.82. The maximum Gasteiger partial charge on any atom is 0.335 e. The van der Waals surface area contributed by atoms with Crippen molar-refractivity contribution in [2.45, 2.75) is 44.2 Å². The van der Waals surface area contributed by atoms with Crippen LogP contribution in [0.3, 0.4) is 0 Å². The molecule has 3 heteroatoms. The standard InChI is InChI=1S/C16H17FO2/c17-16(10-4-2-1-3-5-11-16)12-13-6-8-14(9-7-13)15(18)19/h6-9H,1-4,10,12H2,(H,18,19). The molecule has 1 aliphatic rings. The van der Waals surface area contributed by atoms with E-state index in [1.165, 1.54) is 12.1 Å². The molecule has 1 aromatic carbocycles. The molecule has 1 unspecified atom stereocenters. The van der Waals surface area contributed by atoms with E-state index in [1.807, 2.05) is 0 Å². The fraction of sp³-hybridized carbons (Fsp3) is 0.438. The number of carboxylic acid groups (broad SMARTS) is 1. The summed E-state index contributed by atoms with van der Waals surface area (Å²) in [5.41, 5.74) is -0.451. The summed E-state index contributed by atoms with van der Waals surface area (Å²) in [6, 6.07) is 6.37. The lowest BCUT2D eigenvalue weighted by molar-refractivity contribution is 0.0697. The summed E-state index contributed by atoms with van der Waals surface area (Å²) in [6.45, 7) is 0. The highest BCUT2D eigenvalue weighted by Crippen LogP contribution is 2.26. The highest BCUT2D eigenvalue weighted by Gasteiger charge is 2.27. The predicted octanol–water partition coefficient (Wildman–Crippen LogP) is 3.60. The Morgan fingerprint density at radius 1 is 1.26 bits per heavy atom. The second-order valence-corrected chi connectivity index (χ2v) is 5.01. The van der Waals surface area contributed by atoms with E-state index >= 15 is 0 Å². The summed E-state index contributed by atoms with van der Waals surface area (Å²) in [7, 11) is 0. The van der Waals surface area contributed by atoms with Gasteiger partial charge in [-0.15, -0.1) is 0 Å². The summed E-state index contributed by atoms with van der Waals surface area (Å²) in [6.07, 6.45) is 4.40. The molecule has 0 aromatic heterocycles. The Balaban J connectivity index is 2.12. The van der Waals surface area contributed by atoms with Gasteiger partial charge in [-0.3, -0.25) is 0 Å². The molecule has 0 aliphatic heterocycles. The SMILES string of the molecule is O=C(O)c1ccc(CC2(F)C#CCCCCC2)cc1. The van der Waals surface area contributed by atoms with Gasteiger partial charge in [-0.05, 0) is 37.0 Å². The quantitative estimate of drug-likeness (QED) is 0.843. The molecule has 0 bridgehead atoms. The van der Waals surface area contributed by atoms with Gasteiger partial charge in [0.1, 0.15) is 0 Å². The molecular formula is C16H17FO2. The second-order valence-electron chi connectivity index (χ2n) is 5.01. The van der Waals surface area contributed by atoms with E-state index in [-0.39, 0.29) is 12.0 Å². The number of carbonyl (C=O) groups is 1. The Bertz CT molecular complexity index is 510. The molecule has 0 fully saturated rings. The normalized spacial score (nSPS) is 22.8. The number of rotatable bonds is 3. The summed E-state index contributed by atoms with van der Waals surface area (Å²) in [5, 5.41) is 8.82. The van der Waals surface area contributed by atoms with Crippen molar-refractivity contribution in [3.63, 3.8) is 0 Å². The van der Waals surface area contributed by atoms with E-state index in [0.717, 1.165) is 31.2 Å². The number of aromatic carboxylic acids is 1. The van der Waals surface area contributed by atoms with Gasteiger partial charge in [0.2, 0.25) is 0 Å². The first kappa shape index (κ1) is 13.6. The minimum Gasteiger partial charge on any atom is -0.478 e. The van der Waals surface area contributed by atoms with Gasteiger partial charge < -0.3 is 5.11 Å². The van der Waals surface area contributed by atoms with Gasteiger partial charge in [0, 0.05) is 12.8 Å². The maximum atomic E-state index is 14.7. The topological polar surface area (TPSA) is 37.3 Å². The third kappa shape index (κ3) is 3.82. The third-order valence-electron chi connectivity index (χ3n) is 3.37. The number of alkyl halides is 1. The van der Waals surface area contributed by atoms with Crippen LogP contribution < -0.4 is 0 Å². The van der Waals surface area contributed by atoms with E-state index in [2.05, 4.69) is 11.8 Å². The van der Waals surface area contributed by atoms with Crippen molar-refractivity contribution in [2.24, 2.45) is 0 Å². The summed E-state index contributed by atoms with van der Waals surface area (Å²) in [5.74, 6) is 4.69. The van der Waals surface area contributed by atoms with Crippen LogP contribution in [0.4, 0.5) is 4.39 Å². The van der Waals surface area contributed by atoms with Crippen LogP contribution in [0, 0.1) is 11.8 Å². The van der Waals surface area contributed by atoms with E-state index < -0.39 is 11.6 Å². The van der Waals surface area contributed by atoms with Crippen LogP contribution in [-0.4, -0.2) is 16.7 Å². The number of hydrogen-bond donors (Lipinski definition) is 1. The van der Waals surface area contributed by atoms with Gasteiger partial charge in [0.15, 0.2) is 5.67 Å². The first-order valence-corrected chi connectivity index (χ1v) is 6.60. The lowest BCUT2D eigenvalue weighted by atomic mass is 9.89. The monoisotopic (exact) mass is 260 g/mol. The van der Waals surface area contributed by atoms with E-state index in [4.69, 9.17) is 5.11 Å². The van der Waals surface area contributed by atoms with Gasteiger partial charge >= 0.3 is 5.97 Å². The fourth-order valence-electron chi connectivity index (χ4n) is 2.30. The average Bonchev–Trinajstić information content (AvgIpc) is 2.35. The zero-order valence-corrected chi connectivity index (χ0v) is 10.8. The van der Waals surface area contributed by atoms with E-state index in [1.54, 1.807) is 12.1 Å². The Labute approximate surface area is 112 Å². The number of hydrogen-bond acceptors (Lipinski definition) is 1. The Morgan fingerprint density at radius 2 is 2.00 bits per heavy atom. The summed E-state index contributed by atoms with van der Waals surface area (Å²) in [4.78, 5) is 10.8. The minimum atomic E-state index is -1.47. The average molecular weight is 260 g/mol. The molecular weight excluding hydrogens is 243 g/mol. The lowest BCUT2D eigenvalue weighted by Gasteiger charge is -2.21. The fourth-order valence-corrected chi connectivity index (χ4v) is 2.30. The highest BCUT2D eigenvalue weighted by molar-refractivity contribution is 5.87. The zero-order valence-electron chi connectivity index (χ0n) is 10.8. The van der Waals surface area contributed by atoms with E-state index in [0.29, 0.717) is 6.42 Å². The highest BCUT2D eigenvalue weighted by atomic mass is 19.1. The van der Waals surface area contributed by atoms with Gasteiger partial charge in [-0.2, -0.15) is 0 Å². The molecule has 19 heavy (non-hydrogen) atoms. The van der Waals surface area contributed by atoms with Gasteiger partial charge in [-0.25, -0.2) is 9.18 Å². The Kier molecular flexibility index (Phi) is 4.21. The third-order valence-corrected chi connectivity index (χ3v) is 3.37. The van der Waals surface area contributed by atoms with Crippen LogP contribution >= 0.6 is 0 Å². The second kappa shape index (κ2) is 5.88. The number of benzene rings is 1. The molecule has 2 rings (SSSR count). The first-order valence-electron chi connectivity index (χ1n) is 6.60. The van der Waals surface area contributed by atoms with Gasteiger partial charge in [0.25, 0.3) is 0 Å². The smallest absolute Gasteiger partial charge is 0.335 e. The molecule has 0 radical (unpaired) electrons. The van der Waals surface area contributed by atoms with E-state index in [9.17, 15) is 9.18 Å². The molecule has 100 valence electrons. The van der Waals surface area contributed by atoms with Crippen LogP contribution in [-0.2, 0) is 6.42 Å². The van der Waals surface area contributed by atoms with Crippen molar-refractivity contribution >= 4 is 5.97 Å². The molecule has 1 aromatic rings. The largest absolute Gasteiger partial charge is 0.478 e. The van der Waals surface area contributed by atoms with Crippen molar-refractivity contribution < 1.29 is 14.3 Å². The molecule has 0 saturated carbocycles. The molecule has 1 atom stereocenters. The van der Waals surface area contributed by atoms with Crippen LogP contribution in [0.5, 0.6) is 0 Å². The van der Waals surface area contributed by atoms with Crippen LogP contribution in [0.15, 0.2) is 24.3 Å². The van der Waals surface area contributed by atoms with Crippen molar-refractivity contribution in [2.75, 3.05) is 0 Å². The van der Waals surface area contributed by atoms with Crippen molar-refractivity contribution in [3.8, 4) is 11.8 Å². The molecule has 1 aliphatic carbocycles. The molecule has 0 spiro atoms. The Morgan fingerprint density at radius 3 is 2.68 bits per heavy atom. The predicted molar refractivity (Wildman–Crippen MR) is 71.8 cm³/mol. The first-order chi connectivity index (χ1) is 9.09. The molecule has 0 saturated heterocycles. The molecule has 2 nitrogen and oxygen atoms in total. The molecule has 0 amide bonds. The minimum absolute atomic E-state index is 0.223. The maximum absolute atomic E-state index is 14.7.